The summed E-state index contributed by atoms with van der Waals surface area (Å²) in [6, 6.07) is 19.3. The quantitative estimate of drug-likeness (QED) is 0.335. The van der Waals surface area contributed by atoms with Crippen LogP contribution in [0.2, 0.25) is 0 Å². The van der Waals surface area contributed by atoms with Gasteiger partial charge in [-0.05, 0) is 64.5 Å². The molecular weight excluding hydrogens is 501 g/mol. The Morgan fingerprint density at radius 1 is 0.906 bits per heavy atom. The highest BCUT2D eigenvalue weighted by molar-refractivity contribution is 9.11. The number of ether oxygens (including phenoxy) is 1. The fourth-order valence-corrected chi connectivity index (χ4v) is 5.30. The van der Waals surface area contributed by atoms with Gasteiger partial charge in [-0.2, -0.15) is 13.2 Å². The van der Waals surface area contributed by atoms with Crippen LogP contribution in [-0.4, -0.2) is 37.6 Å². The van der Waals surface area contributed by atoms with Crippen LogP contribution in [-0.2, 0) is 6.18 Å². The molecule has 170 valence electrons. The van der Waals surface area contributed by atoms with Crippen molar-refractivity contribution < 1.29 is 17.9 Å². The molecule has 2 aromatic carbocycles. The van der Waals surface area contributed by atoms with Crippen LogP contribution in [0, 0.1) is 0 Å². The summed E-state index contributed by atoms with van der Waals surface area (Å²) in [7, 11) is 0. The lowest BCUT2D eigenvalue weighted by Crippen LogP contribution is -2.46. The number of nitrogens with zero attached hydrogens (tertiary/aromatic N) is 2. The van der Waals surface area contributed by atoms with E-state index in [1.54, 1.807) is 11.3 Å². The first kappa shape index (κ1) is 23.1. The third-order valence-electron chi connectivity index (χ3n) is 5.57. The average Bonchev–Trinajstić information content (AvgIpc) is 3.23. The Kier molecular flexibility index (Phi) is 7.43. The summed E-state index contributed by atoms with van der Waals surface area (Å²) in [6.45, 7) is 4.74. The Morgan fingerprint density at radius 2 is 1.59 bits per heavy atom. The SMILES string of the molecule is FC(F)(F)c1ccc(OC(CCN2CCN(c3ccccc3)CC2)c2ccc(Br)s2)cc1. The summed E-state index contributed by atoms with van der Waals surface area (Å²) in [5.41, 5.74) is 0.579. The van der Waals surface area contributed by atoms with Crippen molar-refractivity contribution in [2.75, 3.05) is 37.6 Å². The summed E-state index contributed by atoms with van der Waals surface area (Å²) in [5.74, 6) is 0.446. The molecule has 0 spiro atoms. The molecule has 1 unspecified atom stereocenters. The van der Waals surface area contributed by atoms with E-state index in [0.717, 1.165) is 59.9 Å². The summed E-state index contributed by atoms with van der Waals surface area (Å²) in [4.78, 5) is 5.87. The number of rotatable bonds is 7. The van der Waals surface area contributed by atoms with Gasteiger partial charge in [0.25, 0.3) is 0 Å². The zero-order valence-electron chi connectivity index (χ0n) is 17.4. The van der Waals surface area contributed by atoms with Gasteiger partial charge >= 0.3 is 6.18 Å². The number of benzene rings is 2. The van der Waals surface area contributed by atoms with Gasteiger partial charge in [-0.15, -0.1) is 11.3 Å². The average molecular weight is 525 g/mol. The lowest BCUT2D eigenvalue weighted by molar-refractivity contribution is -0.137. The maximum atomic E-state index is 12.9. The molecule has 1 fully saturated rings. The monoisotopic (exact) mass is 524 g/mol. The predicted octanol–water partition coefficient (Wildman–Crippen LogP) is 6.86. The number of hydrogen-bond donors (Lipinski definition) is 0. The Labute approximate surface area is 198 Å². The minimum absolute atomic E-state index is 0.213. The summed E-state index contributed by atoms with van der Waals surface area (Å²) in [6.07, 6.45) is -3.80. The molecule has 1 saturated heterocycles. The van der Waals surface area contributed by atoms with Crippen molar-refractivity contribution in [3.8, 4) is 5.75 Å². The molecular formula is C24H24BrF3N2OS. The van der Waals surface area contributed by atoms with E-state index in [4.69, 9.17) is 4.74 Å². The molecule has 3 aromatic rings. The van der Waals surface area contributed by atoms with Crippen molar-refractivity contribution >= 4 is 33.0 Å². The summed E-state index contributed by atoms with van der Waals surface area (Å²) >= 11 is 5.09. The molecule has 4 rings (SSSR count). The van der Waals surface area contributed by atoms with Gasteiger partial charge in [0.1, 0.15) is 11.9 Å². The van der Waals surface area contributed by atoms with Crippen molar-refractivity contribution in [3.05, 3.63) is 81.0 Å². The lowest BCUT2D eigenvalue weighted by atomic mass is 10.1. The Bertz CT molecular complexity index is 986. The van der Waals surface area contributed by atoms with Gasteiger partial charge in [-0.25, -0.2) is 0 Å². The van der Waals surface area contributed by atoms with Gasteiger partial charge in [-0.1, -0.05) is 18.2 Å². The van der Waals surface area contributed by atoms with E-state index in [0.29, 0.717) is 5.75 Å². The van der Waals surface area contributed by atoms with Crippen LogP contribution in [0.1, 0.15) is 23.0 Å². The van der Waals surface area contributed by atoms with Gasteiger partial charge < -0.3 is 9.64 Å². The fraction of sp³-hybridized carbons (Fsp3) is 0.333. The van der Waals surface area contributed by atoms with Crippen molar-refractivity contribution in [1.82, 2.24) is 4.90 Å². The highest BCUT2D eigenvalue weighted by Crippen LogP contribution is 2.35. The number of anilines is 1. The minimum Gasteiger partial charge on any atom is -0.485 e. The van der Waals surface area contributed by atoms with Gasteiger partial charge in [0.15, 0.2) is 0 Å². The second kappa shape index (κ2) is 10.3. The van der Waals surface area contributed by atoms with Crippen molar-refractivity contribution in [2.24, 2.45) is 0 Å². The molecule has 8 heteroatoms. The number of alkyl halides is 3. The third kappa shape index (κ3) is 6.05. The highest BCUT2D eigenvalue weighted by Gasteiger charge is 2.30. The first-order valence-corrected chi connectivity index (χ1v) is 12.1. The maximum absolute atomic E-state index is 12.9. The van der Waals surface area contributed by atoms with Crippen molar-refractivity contribution in [2.45, 2.75) is 18.7 Å². The van der Waals surface area contributed by atoms with Crippen LogP contribution in [0.25, 0.3) is 0 Å². The molecule has 2 heterocycles. The maximum Gasteiger partial charge on any atom is 0.416 e. The van der Waals surface area contributed by atoms with E-state index in [9.17, 15) is 13.2 Å². The molecule has 1 aromatic heterocycles. The van der Waals surface area contributed by atoms with E-state index in [1.165, 1.54) is 17.8 Å². The first-order valence-electron chi connectivity index (χ1n) is 10.5. The van der Waals surface area contributed by atoms with Gasteiger partial charge in [0.2, 0.25) is 0 Å². The molecule has 0 amide bonds. The largest absolute Gasteiger partial charge is 0.485 e. The normalized spacial score (nSPS) is 16.2. The Balaban J connectivity index is 1.37. The zero-order chi connectivity index (χ0) is 22.6. The molecule has 0 bridgehead atoms. The number of halogens is 4. The van der Waals surface area contributed by atoms with Crippen LogP contribution in [0.15, 0.2) is 70.5 Å². The summed E-state index contributed by atoms with van der Waals surface area (Å²) in [5, 5.41) is 0. The molecule has 1 aliphatic rings. The number of para-hydroxylation sites is 1. The van der Waals surface area contributed by atoms with Crippen LogP contribution in [0.3, 0.4) is 0 Å². The molecule has 3 nitrogen and oxygen atoms in total. The fourth-order valence-electron chi connectivity index (χ4n) is 3.82. The molecule has 0 saturated carbocycles. The standard InChI is InChI=1S/C24H24BrF3N2OS/c25-23-11-10-22(32-23)21(31-20-8-6-18(7-9-20)24(26,27)28)12-13-29-14-16-30(17-15-29)19-4-2-1-3-5-19/h1-11,21H,12-17H2. The topological polar surface area (TPSA) is 15.7 Å². The van der Waals surface area contributed by atoms with Gasteiger partial charge in [0, 0.05) is 49.7 Å². The van der Waals surface area contributed by atoms with E-state index < -0.39 is 11.7 Å². The van der Waals surface area contributed by atoms with Crippen LogP contribution < -0.4 is 9.64 Å². The van der Waals surface area contributed by atoms with Crippen molar-refractivity contribution in [3.63, 3.8) is 0 Å². The minimum atomic E-state index is -4.35. The zero-order valence-corrected chi connectivity index (χ0v) is 19.8. The van der Waals surface area contributed by atoms with Crippen molar-refractivity contribution in [1.29, 1.82) is 0 Å². The second-order valence-electron chi connectivity index (χ2n) is 7.72. The van der Waals surface area contributed by atoms with E-state index in [2.05, 4.69) is 50.0 Å². The smallest absolute Gasteiger partial charge is 0.416 e. The van der Waals surface area contributed by atoms with Crippen LogP contribution in [0.5, 0.6) is 5.75 Å². The Morgan fingerprint density at radius 3 is 2.19 bits per heavy atom. The molecule has 0 radical (unpaired) electrons. The molecule has 0 aliphatic carbocycles. The number of piperazine rings is 1. The van der Waals surface area contributed by atoms with Gasteiger partial charge in [-0.3, -0.25) is 4.90 Å². The number of thiophene rings is 1. The lowest BCUT2D eigenvalue weighted by Gasteiger charge is -2.36. The van der Waals surface area contributed by atoms with Crippen LogP contribution >= 0.6 is 27.3 Å². The third-order valence-corrected chi connectivity index (χ3v) is 7.29. The first-order chi connectivity index (χ1) is 15.4. The van der Waals surface area contributed by atoms with E-state index in [-0.39, 0.29) is 6.10 Å². The predicted molar refractivity (Wildman–Crippen MR) is 127 cm³/mol. The number of hydrogen-bond acceptors (Lipinski definition) is 4. The summed E-state index contributed by atoms with van der Waals surface area (Å²) < 4.78 is 45.7. The molecule has 32 heavy (non-hydrogen) atoms. The van der Waals surface area contributed by atoms with E-state index >= 15 is 0 Å². The second-order valence-corrected chi connectivity index (χ2v) is 10.2. The molecule has 1 aliphatic heterocycles. The van der Waals surface area contributed by atoms with Crippen LogP contribution in [0.4, 0.5) is 18.9 Å². The van der Waals surface area contributed by atoms with Gasteiger partial charge in [0.05, 0.1) is 9.35 Å². The highest BCUT2D eigenvalue weighted by atomic mass is 79.9. The molecule has 1 atom stereocenters. The van der Waals surface area contributed by atoms with E-state index in [1.807, 2.05) is 18.2 Å². The Hall–Kier alpha value is -2.03. The molecule has 0 N–H and O–H groups in total.